The van der Waals surface area contributed by atoms with Crippen LogP contribution < -0.4 is 5.32 Å². The van der Waals surface area contributed by atoms with Gasteiger partial charge in [-0.2, -0.15) is 0 Å². The fourth-order valence-corrected chi connectivity index (χ4v) is 1.19. The molecule has 5 heteroatoms. The summed E-state index contributed by atoms with van der Waals surface area (Å²) in [5.74, 6) is 1.33. The van der Waals surface area contributed by atoms with E-state index in [2.05, 4.69) is 11.2 Å². The van der Waals surface area contributed by atoms with Crippen molar-refractivity contribution in [3.05, 3.63) is 0 Å². The number of carboxylic acids is 1. The predicted octanol–water partition coefficient (Wildman–Crippen LogP) is -0.0791. The molecule has 0 saturated carbocycles. The molecule has 0 bridgehead atoms. The van der Waals surface area contributed by atoms with E-state index in [0.717, 1.165) is 0 Å². The molecular formula is C11H18N2O3. The second-order valence-corrected chi connectivity index (χ2v) is 3.78. The van der Waals surface area contributed by atoms with Crippen LogP contribution in [0.3, 0.4) is 0 Å². The Morgan fingerprint density at radius 3 is 2.56 bits per heavy atom. The average molecular weight is 226 g/mol. The summed E-state index contributed by atoms with van der Waals surface area (Å²) in [6.45, 7) is 4.19. The van der Waals surface area contributed by atoms with Crippen LogP contribution in [0.5, 0.6) is 0 Å². The fraction of sp³-hybridized carbons (Fsp3) is 0.636. The van der Waals surface area contributed by atoms with Gasteiger partial charge in [0.25, 0.3) is 0 Å². The molecule has 0 aromatic carbocycles. The first-order valence-corrected chi connectivity index (χ1v) is 5.12. The summed E-state index contributed by atoms with van der Waals surface area (Å²) < 4.78 is 0. The van der Waals surface area contributed by atoms with Gasteiger partial charge in [-0.25, -0.2) is 0 Å². The van der Waals surface area contributed by atoms with E-state index in [0.29, 0.717) is 6.54 Å². The number of carbonyl (C=O) groups excluding carboxylic acids is 1. The minimum Gasteiger partial charge on any atom is -0.480 e. The summed E-state index contributed by atoms with van der Waals surface area (Å²) in [6, 6.07) is 0.0908. The van der Waals surface area contributed by atoms with Crippen molar-refractivity contribution in [3.63, 3.8) is 0 Å². The number of carbonyl (C=O) groups is 2. The minimum absolute atomic E-state index is 0.0908. The van der Waals surface area contributed by atoms with Crippen LogP contribution in [0.4, 0.5) is 0 Å². The highest BCUT2D eigenvalue weighted by Gasteiger charge is 2.10. The van der Waals surface area contributed by atoms with Gasteiger partial charge < -0.3 is 10.4 Å². The summed E-state index contributed by atoms with van der Waals surface area (Å²) in [6.07, 6.45) is 5.36. The highest BCUT2D eigenvalue weighted by atomic mass is 16.4. The van der Waals surface area contributed by atoms with E-state index >= 15 is 0 Å². The molecule has 0 spiro atoms. The maximum Gasteiger partial charge on any atom is 0.317 e. The largest absolute Gasteiger partial charge is 0.480 e. The first-order chi connectivity index (χ1) is 7.45. The van der Waals surface area contributed by atoms with Gasteiger partial charge in [-0.05, 0) is 13.8 Å². The SMILES string of the molecule is C#CCN(CCC(=O)NC(C)C)CC(=O)O. The van der Waals surface area contributed by atoms with Gasteiger partial charge in [-0.15, -0.1) is 6.42 Å². The molecule has 0 saturated heterocycles. The van der Waals surface area contributed by atoms with E-state index in [1.807, 2.05) is 13.8 Å². The molecule has 1 amide bonds. The number of nitrogens with one attached hydrogen (secondary N) is 1. The first kappa shape index (κ1) is 14.5. The molecular weight excluding hydrogens is 208 g/mol. The van der Waals surface area contributed by atoms with E-state index in [1.165, 1.54) is 0 Å². The van der Waals surface area contributed by atoms with Crippen molar-refractivity contribution in [3.8, 4) is 12.3 Å². The van der Waals surface area contributed by atoms with Crippen molar-refractivity contribution in [2.75, 3.05) is 19.6 Å². The minimum atomic E-state index is -0.945. The molecule has 0 aromatic rings. The zero-order valence-electron chi connectivity index (χ0n) is 9.69. The number of nitrogens with zero attached hydrogens (tertiary/aromatic N) is 1. The number of carboxylic acid groups (broad SMARTS) is 1. The Morgan fingerprint density at radius 1 is 1.50 bits per heavy atom. The van der Waals surface area contributed by atoms with Gasteiger partial charge in [0.05, 0.1) is 13.1 Å². The van der Waals surface area contributed by atoms with Crippen molar-refractivity contribution in [1.29, 1.82) is 0 Å². The Bertz CT molecular complexity index is 281. The van der Waals surface area contributed by atoms with E-state index in [9.17, 15) is 9.59 Å². The van der Waals surface area contributed by atoms with E-state index in [4.69, 9.17) is 11.5 Å². The third-order valence-electron chi connectivity index (χ3n) is 1.78. The molecule has 5 nitrogen and oxygen atoms in total. The normalized spacial score (nSPS) is 10.2. The second-order valence-electron chi connectivity index (χ2n) is 3.78. The Balaban J connectivity index is 3.97. The molecule has 2 N–H and O–H groups in total. The lowest BCUT2D eigenvalue weighted by atomic mass is 10.3. The molecule has 0 rings (SSSR count). The smallest absolute Gasteiger partial charge is 0.317 e. The third-order valence-corrected chi connectivity index (χ3v) is 1.78. The molecule has 0 aliphatic heterocycles. The van der Waals surface area contributed by atoms with Crippen molar-refractivity contribution >= 4 is 11.9 Å². The Hall–Kier alpha value is -1.54. The fourth-order valence-electron chi connectivity index (χ4n) is 1.19. The third kappa shape index (κ3) is 7.83. The van der Waals surface area contributed by atoms with Crippen LogP contribution in [0.1, 0.15) is 20.3 Å². The van der Waals surface area contributed by atoms with E-state index < -0.39 is 5.97 Å². The van der Waals surface area contributed by atoms with Crippen LogP contribution >= 0.6 is 0 Å². The molecule has 0 unspecified atom stereocenters. The van der Waals surface area contributed by atoms with Crippen LogP contribution in [0, 0.1) is 12.3 Å². The van der Waals surface area contributed by atoms with Crippen LogP contribution in [0.25, 0.3) is 0 Å². The maximum absolute atomic E-state index is 11.3. The Morgan fingerprint density at radius 2 is 2.12 bits per heavy atom. The molecule has 0 atom stereocenters. The molecule has 0 aromatic heterocycles. The maximum atomic E-state index is 11.3. The standard InChI is InChI=1S/C11H18N2O3/c1-4-6-13(8-11(15)16)7-5-10(14)12-9(2)3/h1,9H,5-8H2,2-3H3,(H,12,14)(H,15,16). The van der Waals surface area contributed by atoms with Crippen LogP contribution in [-0.2, 0) is 9.59 Å². The van der Waals surface area contributed by atoms with Crippen LogP contribution in [0.15, 0.2) is 0 Å². The van der Waals surface area contributed by atoms with Gasteiger partial charge in [0.15, 0.2) is 0 Å². The summed E-state index contributed by atoms with van der Waals surface area (Å²) >= 11 is 0. The molecule has 0 aliphatic carbocycles. The lowest BCUT2D eigenvalue weighted by Gasteiger charge is -2.17. The number of amides is 1. The molecule has 16 heavy (non-hydrogen) atoms. The highest BCUT2D eigenvalue weighted by Crippen LogP contribution is 1.92. The van der Waals surface area contributed by atoms with Crippen molar-refractivity contribution in [2.24, 2.45) is 0 Å². The van der Waals surface area contributed by atoms with E-state index in [-0.39, 0.29) is 31.5 Å². The van der Waals surface area contributed by atoms with Gasteiger partial charge in [-0.1, -0.05) is 5.92 Å². The topological polar surface area (TPSA) is 69.6 Å². The number of rotatable bonds is 7. The molecule has 0 aliphatic rings. The second kappa shape index (κ2) is 7.71. The van der Waals surface area contributed by atoms with Gasteiger partial charge in [0.1, 0.15) is 0 Å². The predicted molar refractivity (Wildman–Crippen MR) is 60.8 cm³/mol. The number of hydrogen-bond acceptors (Lipinski definition) is 3. The van der Waals surface area contributed by atoms with Crippen molar-refractivity contribution in [2.45, 2.75) is 26.3 Å². The highest BCUT2D eigenvalue weighted by molar-refractivity contribution is 5.76. The van der Waals surface area contributed by atoms with Crippen LogP contribution in [-0.4, -0.2) is 47.6 Å². The van der Waals surface area contributed by atoms with Gasteiger partial charge >= 0.3 is 5.97 Å². The number of hydrogen-bond donors (Lipinski definition) is 2. The van der Waals surface area contributed by atoms with Crippen LogP contribution in [0.2, 0.25) is 0 Å². The van der Waals surface area contributed by atoms with Gasteiger partial charge in [-0.3, -0.25) is 14.5 Å². The van der Waals surface area contributed by atoms with Crippen molar-refractivity contribution < 1.29 is 14.7 Å². The number of aliphatic carboxylic acids is 1. The monoisotopic (exact) mass is 226 g/mol. The summed E-state index contributed by atoms with van der Waals surface area (Å²) in [7, 11) is 0. The average Bonchev–Trinajstić information content (AvgIpc) is 2.12. The van der Waals surface area contributed by atoms with Gasteiger partial charge in [0, 0.05) is 19.0 Å². The molecule has 0 heterocycles. The lowest BCUT2D eigenvalue weighted by Crippen LogP contribution is -2.36. The Kier molecular flexibility index (Phi) is 6.97. The molecule has 0 radical (unpaired) electrons. The summed E-state index contributed by atoms with van der Waals surface area (Å²) in [5.41, 5.74) is 0. The molecule has 90 valence electrons. The Labute approximate surface area is 95.8 Å². The quantitative estimate of drug-likeness (QED) is 0.596. The van der Waals surface area contributed by atoms with Crippen molar-refractivity contribution in [1.82, 2.24) is 10.2 Å². The number of terminal acetylenes is 1. The lowest BCUT2D eigenvalue weighted by molar-refractivity contribution is -0.138. The zero-order chi connectivity index (χ0) is 12.6. The first-order valence-electron chi connectivity index (χ1n) is 5.12. The van der Waals surface area contributed by atoms with Gasteiger partial charge in [0.2, 0.25) is 5.91 Å². The summed E-state index contributed by atoms with van der Waals surface area (Å²) in [5, 5.41) is 11.3. The zero-order valence-corrected chi connectivity index (χ0v) is 9.69. The molecule has 0 fully saturated rings. The van der Waals surface area contributed by atoms with E-state index in [1.54, 1.807) is 4.90 Å². The summed E-state index contributed by atoms with van der Waals surface area (Å²) in [4.78, 5) is 23.4.